The molecule has 1 aliphatic heterocycles. The van der Waals surface area contributed by atoms with Crippen LogP contribution in [-0.4, -0.2) is 37.0 Å². The first kappa shape index (κ1) is 18.2. The number of rotatable bonds is 2. The number of halogens is 11. The molecular formula is C8H5F11O2. The molecule has 1 saturated heterocycles. The number of hydrogen-bond donors (Lipinski definition) is 0. The molecule has 0 radical (unpaired) electrons. The van der Waals surface area contributed by atoms with Crippen LogP contribution in [0.3, 0.4) is 0 Å². The van der Waals surface area contributed by atoms with E-state index >= 15 is 0 Å². The van der Waals surface area contributed by atoms with Gasteiger partial charge in [0.1, 0.15) is 6.67 Å². The van der Waals surface area contributed by atoms with Gasteiger partial charge in [-0.15, -0.1) is 0 Å². The van der Waals surface area contributed by atoms with Crippen LogP contribution < -0.4 is 0 Å². The Morgan fingerprint density at radius 1 is 0.810 bits per heavy atom. The Labute approximate surface area is 108 Å². The van der Waals surface area contributed by atoms with Gasteiger partial charge in [0.15, 0.2) is 0 Å². The summed E-state index contributed by atoms with van der Waals surface area (Å²) in [6.45, 7) is -3.88. The first-order chi connectivity index (χ1) is 8.97. The van der Waals surface area contributed by atoms with Gasteiger partial charge in [0.05, 0.1) is 0 Å². The fourth-order valence-electron chi connectivity index (χ4n) is 1.59. The van der Waals surface area contributed by atoms with E-state index < -0.39 is 49.4 Å². The van der Waals surface area contributed by atoms with Gasteiger partial charge in [-0.3, -0.25) is 9.47 Å². The zero-order valence-electron chi connectivity index (χ0n) is 9.68. The van der Waals surface area contributed by atoms with E-state index in [2.05, 4.69) is 9.47 Å². The number of ether oxygens (including phenoxy) is 2. The molecule has 0 aromatic heterocycles. The van der Waals surface area contributed by atoms with Crippen molar-refractivity contribution in [2.45, 2.75) is 37.3 Å². The van der Waals surface area contributed by atoms with Gasteiger partial charge in [0.2, 0.25) is 5.41 Å². The smallest absolute Gasteiger partial charge is 0.250 e. The molecule has 0 aliphatic carbocycles. The maximum absolute atomic E-state index is 13.3. The monoisotopic (exact) mass is 342 g/mol. The van der Waals surface area contributed by atoms with Gasteiger partial charge < -0.3 is 0 Å². The van der Waals surface area contributed by atoms with Gasteiger partial charge in [0, 0.05) is 6.92 Å². The second kappa shape index (κ2) is 4.33. The van der Waals surface area contributed by atoms with E-state index in [1.807, 2.05) is 0 Å². The summed E-state index contributed by atoms with van der Waals surface area (Å²) in [6.07, 6.45) is -19.1. The van der Waals surface area contributed by atoms with Crippen molar-refractivity contribution in [1.82, 2.24) is 0 Å². The van der Waals surface area contributed by atoms with Crippen LogP contribution in [-0.2, 0) is 9.47 Å². The van der Waals surface area contributed by atoms with E-state index in [1.165, 1.54) is 0 Å². The summed E-state index contributed by atoms with van der Waals surface area (Å²) in [5.74, 6) is -5.33. The molecule has 0 aromatic carbocycles. The van der Waals surface area contributed by atoms with Crippen LogP contribution in [0.4, 0.5) is 48.3 Å². The Kier molecular flexibility index (Phi) is 3.76. The average Bonchev–Trinajstić information content (AvgIpc) is 2.08. The maximum Gasteiger partial charge on any atom is 0.478 e. The number of hydrogen-bond acceptors (Lipinski definition) is 2. The first-order valence-electron chi connectivity index (χ1n) is 4.83. The highest BCUT2D eigenvalue weighted by atomic mass is 19.4. The quantitative estimate of drug-likeness (QED) is 0.706. The molecule has 0 atom stereocenters. The van der Waals surface area contributed by atoms with Crippen molar-refractivity contribution in [3.63, 3.8) is 0 Å². The van der Waals surface area contributed by atoms with Crippen molar-refractivity contribution in [3.8, 4) is 0 Å². The summed E-state index contributed by atoms with van der Waals surface area (Å²) >= 11 is 0. The molecule has 0 spiro atoms. The molecule has 0 aromatic rings. The van der Waals surface area contributed by atoms with Crippen LogP contribution in [0.25, 0.3) is 0 Å². The van der Waals surface area contributed by atoms with Crippen LogP contribution in [0.15, 0.2) is 0 Å². The van der Waals surface area contributed by atoms with Gasteiger partial charge in [-0.2, -0.15) is 35.1 Å². The summed E-state index contributed by atoms with van der Waals surface area (Å²) in [5.41, 5.74) is -5.48. The zero-order chi connectivity index (χ0) is 17.1. The molecule has 0 unspecified atom stereocenters. The summed E-state index contributed by atoms with van der Waals surface area (Å²) in [4.78, 5) is 0. The second-order valence-corrected chi connectivity index (χ2v) is 4.20. The summed E-state index contributed by atoms with van der Waals surface area (Å²) < 4.78 is 146. The molecule has 1 rings (SSSR count). The third-order valence-corrected chi connectivity index (χ3v) is 2.80. The topological polar surface area (TPSA) is 18.5 Å². The Balaban J connectivity index is 3.55. The van der Waals surface area contributed by atoms with Crippen molar-refractivity contribution in [2.24, 2.45) is 5.41 Å². The molecule has 21 heavy (non-hydrogen) atoms. The lowest BCUT2D eigenvalue weighted by Gasteiger charge is -2.51. The van der Waals surface area contributed by atoms with Crippen molar-refractivity contribution in [1.29, 1.82) is 0 Å². The van der Waals surface area contributed by atoms with Gasteiger partial charge >= 0.3 is 24.4 Å². The van der Waals surface area contributed by atoms with E-state index in [-0.39, 0.29) is 0 Å². The minimum absolute atomic E-state index is 0.625. The maximum atomic E-state index is 13.3. The van der Waals surface area contributed by atoms with Crippen LogP contribution in [0, 0.1) is 5.41 Å². The summed E-state index contributed by atoms with van der Waals surface area (Å²) in [5, 5.41) is 0. The summed E-state index contributed by atoms with van der Waals surface area (Å²) in [7, 11) is 0. The number of alkyl halides is 11. The lowest BCUT2D eigenvalue weighted by Crippen LogP contribution is -2.74. The fraction of sp³-hybridized carbons (Fsp3) is 1.00. The Bertz CT molecular complexity index is 391. The van der Waals surface area contributed by atoms with Gasteiger partial charge in [-0.1, -0.05) is 0 Å². The highest BCUT2D eigenvalue weighted by molar-refractivity contribution is 5.05. The van der Waals surface area contributed by atoms with Crippen molar-refractivity contribution >= 4 is 0 Å². The third kappa shape index (κ3) is 2.24. The highest BCUT2D eigenvalue weighted by Crippen LogP contribution is 2.65. The highest BCUT2D eigenvalue weighted by Gasteiger charge is 2.89. The zero-order valence-corrected chi connectivity index (χ0v) is 9.68. The molecule has 13 heteroatoms. The molecule has 126 valence electrons. The van der Waals surface area contributed by atoms with Crippen LogP contribution >= 0.6 is 0 Å². The Morgan fingerprint density at radius 2 is 1.14 bits per heavy atom. The lowest BCUT2D eigenvalue weighted by molar-refractivity contribution is -0.621. The van der Waals surface area contributed by atoms with Gasteiger partial charge in [-0.25, -0.2) is 13.2 Å². The van der Waals surface area contributed by atoms with E-state index in [4.69, 9.17) is 0 Å². The van der Waals surface area contributed by atoms with Gasteiger partial charge in [0.25, 0.3) is 5.92 Å². The molecule has 1 aliphatic rings. The molecule has 0 saturated carbocycles. The van der Waals surface area contributed by atoms with Crippen molar-refractivity contribution in [2.75, 3.05) is 6.67 Å². The average molecular weight is 342 g/mol. The summed E-state index contributed by atoms with van der Waals surface area (Å²) in [6, 6.07) is -6.09. The SMILES string of the molecule is CC(F)(F)C1(CF)C(F)(F)OC(F)(C(F)(F)F)OC1(F)F. The molecule has 1 heterocycles. The first-order valence-corrected chi connectivity index (χ1v) is 4.83. The molecular weight excluding hydrogens is 337 g/mol. The van der Waals surface area contributed by atoms with Crippen LogP contribution in [0.5, 0.6) is 0 Å². The standard InChI is InChI=1S/C8H5F11O2/c1-3(10,11)4(2-9)6(15,16)20-8(19,5(12,13)14)21-7(4,17)18/h2H2,1H3. The molecule has 0 bridgehead atoms. The van der Waals surface area contributed by atoms with Gasteiger partial charge in [-0.05, 0) is 0 Å². The Hall–Kier alpha value is -0.850. The predicted octanol–water partition coefficient (Wildman–Crippen LogP) is 4.02. The van der Waals surface area contributed by atoms with Crippen LogP contribution in [0.1, 0.15) is 6.92 Å². The van der Waals surface area contributed by atoms with E-state index in [9.17, 15) is 48.3 Å². The minimum atomic E-state index is -6.58. The van der Waals surface area contributed by atoms with Crippen LogP contribution in [0.2, 0.25) is 0 Å². The normalized spacial score (nSPS) is 36.6. The largest absolute Gasteiger partial charge is 0.478 e. The molecule has 0 amide bonds. The third-order valence-electron chi connectivity index (χ3n) is 2.80. The molecule has 0 N–H and O–H groups in total. The molecule has 1 fully saturated rings. The minimum Gasteiger partial charge on any atom is -0.250 e. The van der Waals surface area contributed by atoms with E-state index in [0.717, 1.165) is 0 Å². The van der Waals surface area contributed by atoms with Crippen molar-refractivity contribution in [3.05, 3.63) is 0 Å². The lowest BCUT2D eigenvalue weighted by atomic mass is 9.79. The second-order valence-electron chi connectivity index (χ2n) is 4.20. The van der Waals surface area contributed by atoms with Crippen molar-refractivity contribution < 1.29 is 57.8 Å². The molecule has 2 nitrogen and oxygen atoms in total. The Morgan fingerprint density at radius 3 is 1.33 bits per heavy atom. The predicted molar refractivity (Wildman–Crippen MR) is 41.0 cm³/mol. The van der Waals surface area contributed by atoms with E-state index in [1.54, 1.807) is 0 Å². The van der Waals surface area contributed by atoms with E-state index in [0.29, 0.717) is 0 Å². The fourth-order valence-corrected chi connectivity index (χ4v) is 1.59.